The van der Waals surface area contributed by atoms with E-state index in [4.69, 9.17) is 4.98 Å². The van der Waals surface area contributed by atoms with Gasteiger partial charge in [0, 0.05) is 56.0 Å². The Hall–Kier alpha value is -3.46. The molecule has 184 valence electrons. The molecular weight excluding hydrogens is 518 g/mol. The minimum absolute atomic E-state index is 0.0321. The van der Waals surface area contributed by atoms with Crippen LogP contribution in [0.4, 0.5) is 10.6 Å². The van der Waals surface area contributed by atoms with Crippen LogP contribution < -0.4 is 10.6 Å². The Bertz CT molecular complexity index is 1360. The van der Waals surface area contributed by atoms with E-state index < -0.39 is 0 Å². The number of anilines is 1. The largest absolute Gasteiger partial charge is 0.366 e. The number of urea groups is 1. The number of amides is 2. The van der Waals surface area contributed by atoms with Gasteiger partial charge in [-0.1, -0.05) is 36.4 Å². The van der Waals surface area contributed by atoms with E-state index in [1.807, 2.05) is 33.8 Å². The van der Waals surface area contributed by atoms with Crippen LogP contribution in [-0.2, 0) is 6.54 Å². The fraction of sp³-hybridized carbons (Fsp3) is 0.333. The summed E-state index contributed by atoms with van der Waals surface area (Å²) in [5.74, 6) is 1.46. The van der Waals surface area contributed by atoms with E-state index in [0.29, 0.717) is 19.0 Å². The number of aromatic nitrogens is 4. The first-order chi connectivity index (χ1) is 17.7. The Labute approximate surface area is 218 Å². The van der Waals surface area contributed by atoms with Crippen molar-refractivity contribution in [3.05, 3.63) is 88.4 Å². The minimum Gasteiger partial charge on any atom is -0.366 e. The first kappa shape index (κ1) is 23.0. The number of halogens is 1. The molecule has 1 aliphatic heterocycles. The molecule has 8 nitrogen and oxygen atoms in total. The van der Waals surface area contributed by atoms with Crippen LogP contribution in [0.2, 0.25) is 0 Å². The molecule has 9 heteroatoms. The molecule has 0 radical (unpaired) electrons. The van der Waals surface area contributed by atoms with Gasteiger partial charge in [0.2, 0.25) is 0 Å². The normalized spacial score (nSPS) is 21.4. The highest BCUT2D eigenvalue weighted by molar-refractivity contribution is 9.10. The highest BCUT2D eigenvalue weighted by Gasteiger charge is 2.40. The average molecular weight is 546 g/mol. The predicted octanol–water partition coefficient (Wildman–Crippen LogP) is 4.94. The smallest absolute Gasteiger partial charge is 0.317 e. The zero-order valence-electron chi connectivity index (χ0n) is 19.8. The van der Waals surface area contributed by atoms with Gasteiger partial charge < -0.3 is 15.5 Å². The number of hydrogen-bond acceptors (Lipinski definition) is 5. The maximum Gasteiger partial charge on any atom is 0.317 e. The number of likely N-dealkylation sites (tertiary alicyclic amines) is 1. The molecule has 2 aliphatic rings. The van der Waals surface area contributed by atoms with E-state index in [0.717, 1.165) is 53.0 Å². The average Bonchev–Trinajstić information content (AvgIpc) is 3.60. The Kier molecular flexibility index (Phi) is 6.31. The summed E-state index contributed by atoms with van der Waals surface area (Å²) >= 11 is 3.59. The van der Waals surface area contributed by atoms with Crippen LogP contribution in [0.15, 0.2) is 71.6 Å². The summed E-state index contributed by atoms with van der Waals surface area (Å²) in [4.78, 5) is 24.2. The van der Waals surface area contributed by atoms with E-state index in [1.165, 1.54) is 5.56 Å². The van der Waals surface area contributed by atoms with Crippen LogP contribution in [0.1, 0.15) is 47.9 Å². The zero-order chi connectivity index (χ0) is 24.5. The Morgan fingerprint density at radius 3 is 2.86 bits per heavy atom. The quantitative estimate of drug-likeness (QED) is 0.358. The Balaban J connectivity index is 1.16. The van der Waals surface area contributed by atoms with Crippen molar-refractivity contribution in [1.82, 2.24) is 29.8 Å². The molecule has 4 aromatic rings. The number of benzene rings is 1. The van der Waals surface area contributed by atoms with Gasteiger partial charge in [0.15, 0.2) is 5.65 Å². The lowest BCUT2D eigenvalue weighted by Crippen LogP contribution is -2.46. The second-order valence-electron chi connectivity index (χ2n) is 9.60. The van der Waals surface area contributed by atoms with E-state index in [1.54, 1.807) is 12.4 Å². The number of piperidine rings is 1. The lowest BCUT2D eigenvalue weighted by molar-refractivity contribution is 0.178. The SMILES string of the molecule is O=C(N[C@@H]1C[C@H]1c1ccccc1)N1CCCC(c2cc(NCc3cccnc3)n3ncc(Br)c3n2)C1. The van der Waals surface area contributed by atoms with E-state index in [2.05, 4.69) is 67.0 Å². The third-order valence-corrected chi connectivity index (χ3v) is 7.66. The Morgan fingerprint density at radius 2 is 2.03 bits per heavy atom. The highest BCUT2D eigenvalue weighted by Crippen LogP contribution is 2.41. The van der Waals surface area contributed by atoms with Gasteiger partial charge in [-0.2, -0.15) is 9.61 Å². The summed E-state index contributed by atoms with van der Waals surface area (Å²) in [6, 6.07) is 16.7. The third-order valence-electron chi connectivity index (χ3n) is 7.10. The number of nitrogens with one attached hydrogen (secondary N) is 2. The summed E-state index contributed by atoms with van der Waals surface area (Å²) in [6.45, 7) is 2.06. The van der Waals surface area contributed by atoms with Crippen molar-refractivity contribution in [3.63, 3.8) is 0 Å². The molecule has 1 aromatic carbocycles. The summed E-state index contributed by atoms with van der Waals surface area (Å²) in [7, 11) is 0. The Morgan fingerprint density at radius 1 is 1.14 bits per heavy atom. The molecule has 0 spiro atoms. The number of carbonyl (C=O) groups excluding carboxylic acids is 1. The van der Waals surface area contributed by atoms with Crippen LogP contribution in [0.5, 0.6) is 0 Å². The first-order valence-corrected chi connectivity index (χ1v) is 13.2. The van der Waals surface area contributed by atoms with Crippen molar-refractivity contribution in [2.24, 2.45) is 0 Å². The van der Waals surface area contributed by atoms with Crippen molar-refractivity contribution < 1.29 is 4.79 Å². The molecule has 4 heterocycles. The molecule has 2 fully saturated rings. The molecule has 3 atom stereocenters. The first-order valence-electron chi connectivity index (χ1n) is 12.4. The number of nitrogens with zero attached hydrogens (tertiary/aromatic N) is 5. The second kappa shape index (κ2) is 9.89. The highest BCUT2D eigenvalue weighted by atomic mass is 79.9. The third kappa shape index (κ3) is 4.80. The standard InChI is InChI=1S/C27H28BrN7O/c28-22-16-31-35-25(30-15-18-6-4-10-29-14-18)13-23(32-26(22)35)20-9-5-11-34(17-20)27(36)33-24-12-21(24)19-7-2-1-3-8-19/h1-4,6-8,10,13-14,16,20-21,24,30H,5,9,11-12,15,17H2,(H,33,36)/t20?,21-,24+/m0/s1. The molecule has 6 rings (SSSR count). The van der Waals surface area contributed by atoms with Crippen molar-refractivity contribution in [3.8, 4) is 0 Å². The molecule has 1 aliphatic carbocycles. The summed E-state index contributed by atoms with van der Waals surface area (Å²) in [6.07, 6.45) is 8.35. The lowest BCUT2D eigenvalue weighted by Gasteiger charge is -2.32. The van der Waals surface area contributed by atoms with Gasteiger partial charge in [0.1, 0.15) is 5.82 Å². The van der Waals surface area contributed by atoms with E-state index in [-0.39, 0.29) is 18.0 Å². The van der Waals surface area contributed by atoms with Gasteiger partial charge >= 0.3 is 6.03 Å². The van der Waals surface area contributed by atoms with Crippen molar-refractivity contribution >= 4 is 33.4 Å². The maximum atomic E-state index is 13.1. The molecule has 36 heavy (non-hydrogen) atoms. The predicted molar refractivity (Wildman–Crippen MR) is 142 cm³/mol. The van der Waals surface area contributed by atoms with E-state index in [9.17, 15) is 4.79 Å². The van der Waals surface area contributed by atoms with Crippen LogP contribution in [-0.4, -0.2) is 49.6 Å². The molecule has 1 unspecified atom stereocenters. The van der Waals surface area contributed by atoms with Crippen molar-refractivity contribution in [2.45, 2.75) is 43.7 Å². The van der Waals surface area contributed by atoms with Gasteiger partial charge in [-0.15, -0.1) is 0 Å². The maximum absolute atomic E-state index is 13.1. The summed E-state index contributed by atoms with van der Waals surface area (Å²) in [5, 5.41) is 11.2. The molecule has 2 amide bonds. The topological polar surface area (TPSA) is 87.5 Å². The monoisotopic (exact) mass is 545 g/mol. The van der Waals surface area contributed by atoms with Crippen molar-refractivity contribution in [2.75, 3.05) is 18.4 Å². The molecule has 2 N–H and O–H groups in total. The van der Waals surface area contributed by atoms with Gasteiger partial charge in [-0.25, -0.2) is 9.78 Å². The fourth-order valence-corrected chi connectivity index (χ4v) is 5.41. The van der Waals surface area contributed by atoms with E-state index >= 15 is 0 Å². The second-order valence-corrected chi connectivity index (χ2v) is 10.5. The van der Waals surface area contributed by atoms with Crippen LogP contribution >= 0.6 is 15.9 Å². The van der Waals surface area contributed by atoms with Crippen LogP contribution in [0.3, 0.4) is 0 Å². The fourth-order valence-electron chi connectivity index (χ4n) is 5.06. The van der Waals surface area contributed by atoms with Gasteiger partial charge in [-0.05, 0) is 52.4 Å². The van der Waals surface area contributed by atoms with Gasteiger partial charge in [0.05, 0.1) is 16.4 Å². The number of carbonyl (C=O) groups is 1. The molecule has 0 bridgehead atoms. The number of hydrogen-bond donors (Lipinski definition) is 2. The minimum atomic E-state index is 0.0321. The molecule has 1 saturated heterocycles. The van der Waals surface area contributed by atoms with Crippen LogP contribution in [0.25, 0.3) is 5.65 Å². The van der Waals surface area contributed by atoms with Gasteiger partial charge in [0.25, 0.3) is 0 Å². The summed E-state index contributed by atoms with van der Waals surface area (Å²) in [5.41, 5.74) is 4.13. The zero-order valence-corrected chi connectivity index (χ0v) is 21.4. The molecular formula is C27H28BrN7O. The lowest BCUT2D eigenvalue weighted by atomic mass is 9.94. The molecule has 1 saturated carbocycles. The van der Waals surface area contributed by atoms with Crippen molar-refractivity contribution in [1.29, 1.82) is 0 Å². The summed E-state index contributed by atoms with van der Waals surface area (Å²) < 4.78 is 2.66. The van der Waals surface area contributed by atoms with Gasteiger partial charge in [-0.3, -0.25) is 4.98 Å². The number of rotatable bonds is 6. The van der Waals surface area contributed by atoms with Crippen LogP contribution in [0, 0.1) is 0 Å². The number of pyridine rings is 1. The molecule has 3 aromatic heterocycles. The number of fused-ring (bicyclic) bond motifs is 1.